The molecule has 0 spiro atoms. The second-order valence-corrected chi connectivity index (χ2v) is 4.99. The van der Waals surface area contributed by atoms with E-state index in [0.717, 1.165) is 5.56 Å². The van der Waals surface area contributed by atoms with Gasteiger partial charge in [0.15, 0.2) is 11.6 Å². The molecular weight excluding hydrogens is 296 g/mol. The number of hydrogen-bond acceptors (Lipinski definition) is 5. The summed E-state index contributed by atoms with van der Waals surface area (Å²) in [4.78, 5) is 16.4. The van der Waals surface area contributed by atoms with Crippen molar-refractivity contribution in [1.82, 2.24) is 5.32 Å². The third-order valence-corrected chi connectivity index (χ3v) is 3.49. The maximum atomic E-state index is 12.1. The highest BCUT2D eigenvalue weighted by molar-refractivity contribution is 6.19. The molecule has 6 heteroatoms. The van der Waals surface area contributed by atoms with Gasteiger partial charge in [-0.3, -0.25) is 4.79 Å². The zero-order valence-corrected chi connectivity index (χ0v) is 13.0. The number of amidine groups is 1. The Morgan fingerprint density at radius 3 is 2.65 bits per heavy atom. The Bertz CT molecular complexity index is 804. The molecule has 6 nitrogen and oxygen atoms in total. The molecule has 118 valence electrons. The summed E-state index contributed by atoms with van der Waals surface area (Å²) in [5, 5.41) is 2.68. The summed E-state index contributed by atoms with van der Waals surface area (Å²) in [5.74, 6) is 1.97. The van der Waals surface area contributed by atoms with E-state index in [1.165, 1.54) is 6.26 Å². The summed E-state index contributed by atoms with van der Waals surface area (Å²) >= 11 is 0. The lowest BCUT2D eigenvalue weighted by Crippen LogP contribution is -2.24. The number of methoxy groups -OCH3 is 2. The number of carbonyl (C=O) groups excluding carboxylic acids is 1. The minimum absolute atomic E-state index is 0.278. The molecule has 1 aromatic carbocycles. The van der Waals surface area contributed by atoms with E-state index in [2.05, 4.69) is 10.3 Å². The van der Waals surface area contributed by atoms with Crippen molar-refractivity contribution in [3.8, 4) is 11.5 Å². The molecule has 0 saturated heterocycles. The first-order valence-electron chi connectivity index (χ1n) is 7.00. The van der Waals surface area contributed by atoms with Crippen molar-refractivity contribution < 1.29 is 18.7 Å². The number of ether oxygens (including phenoxy) is 2. The van der Waals surface area contributed by atoms with Gasteiger partial charge in [0, 0.05) is 5.56 Å². The largest absolute Gasteiger partial charge is 0.496 e. The van der Waals surface area contributed by atoms with Crippen LogP contribution >= 0.6 is 0 Å². The minimum atomic E-state index is -0.294. The van der Waals surface area contributed by atoms with Gasteiger partial charge in [0.25, 0.3) is 5.91 Å². The molecule has 1 aromatic heterocycles. The second kappa shape index (κ2) is 6.00. The molecule has 0 atom stereocenters. The van der Waals surface area contributed by atoms with Crippen LogP contribution in [-0.2, 0) is 4.79 Å². The monoisotopic (exact) mass is 312 g/mol. The van der Waals surface area contributed by atoms with Crippen LogP contribution in [0.2, 0.25) is 0 Å². The number of carbonyl (C=O) groups is 1. The van der Waals surface area contributed by atoms with Gasteiger partial charge in [0.1, 0.15) is 17.2 Å². The lowest BCUT2D eigenvalue weighted by molar-refractivity contribution is -0.115. The number of hydrogen-bond donors (Lipinski definition) is 1. The topological polar surface area (TPSA) is 73.1 Å². The Hall–Kier alpha value is -3.02. The normalized spacial score (nSPS) is 15.5. The summed E-state index contributed by atoms with van der Waals surface area (Å²) < 4.78 is 15.9. The van der Waals surface area contributed by atoms with Crippen LogP contribution < -0.4 is 14.8 Å². The molecule has 1 aliphatic heterocycles. The number of benzene rings is 1. The van der Waals surface area contributed by atoms with Gasteiger partial charge in [-0.2, -0.15) is 0 Å². The predicted octanol–water partition coefficient (Wildman–Crippen LogP) is 2.52. The van der Waals surface area contributed by atoms with E-state index >= 15 is 0 Å². The van der Waals surface area contributed by atoms with Crippen LogP contribution in [0.3, 0.4) is 0 Å². The number of nitrogens with zero attached hydrogens (tertiary/aromatic N) is 1. The Morgan fingerprint density at radius 1 is 1.22 bits per heavy atom. The van der Waals surface area contributed by atoms with E-state index in [-0.39, 0.29) is 11.6 Å². The fourth-order valence-corrected chi connectivity index (χ4v) is 2.33. The number of aryl methyl sites for hydroxylation is 1. The van der Waals surface area contributed by atoms with E-state index in [9.17, 15) is 4.79 Å². The van der Waals surface area contributed by atoms with Gasteiger partial charge in [0.05, 0.1) is 20.5 Å². The van der Waals surface area contributed by atoms with Crippen molar-refractivity contribution in [2.45, 2.75) is 6.92 Å². The summed E-state index contributed by atoms with van der Waals surface area (Å²) in [6.45, 7) is 1.92. The summed E-state index contributed by atoms with van der Waals surface area (Å²) in [6, 6.07) is 7.14. The Kier molecular flexibility index (Phi) is 3.89. The Morgan fingerprint density at radius 2 is 2.00 bits per heavy atom. The van der Waals surface area contributed by atoms with E-state index in [0.29, 0.717) is 28.7 Å². The molecule has 0 bridgehead atoms. The van der Waals surface area contributed by atoms with Gasteiger partial charge in [-0.15, -0.1) is 0 Å². The third-order valence-electron chi connectivity index (χ3n) is 3.49. The van der Waals surface area contributed by atoms with E-state index in [4.69, 9.17) is 13.9 Å². The first-order valence-corrected chi connectivity index (χ1v) is 7.00. The highest BCUT2D eigenvalue weighted by atomic mass is 16.5. The molecule has 23 heavy (non-hydrogen) atoms. The smallest absolute Gasteiger partial charge is 0.275 e. The first kappa shape index (κ1) is 14.9. The van der Waals surface area contributed by atoms with Crippen LogP contribution in [0.4, 0.5) is 0 Å². The summed E-state index contributed by atoms with van der Waals surface area (Å²) in [6.07, 6.45) is 3.19. The van der Waals surface area contributed by atoms with Crippen LogP contribution in [0, 0.1) is 6.92 Å². The quantitative estimate of drug-likeness (QED) is 0.881. The van der Waals surface area contributed by atoms with Crippen molar-refractivity contribution in [2.24, 2.45) is 4.99 Å². The molecular formula is C17H16N2O4. The molecule has 1 aliphatic rings. The van der Waals surface area contributed by atoms with Crippen LogP contribution in [0.25, 0.3) is 6.08 Å². The molecule has 1 amide bonds. The summed E-state index contributed by atoms with van der Waals surface area (Å²) in [5.41, 5.74) is 1.94. The molecule has 0 unspecified atom stereocenters. The minimum Gasteiger partial charge on any atom is -0.496 e. The molecule has 3 rings (SSSR count). The SMILES string of the molecule is COc1cc(/C=C2/N=C(c3ccco3)NC2=O)c(OC)cc1C. The van der Waals surface area contributed by atoms with Crippen molar-refractivity contribution in [3.05, 3.63) is 53.1 Å². The second-order valence-electron chi connectivity index (χ2n) is 4.99. The van der Waals surface area contributed by atoms with Gasteiger partial charge in [0.2, 0.25) is 0 Å². The molecule has 2 aromatic rings. The van der Waals surface area contributed by atoms with E-state index in [1.807, 2.05) is 19.1 Å². The van der Waals surface area contributed by atoms with Crippen LogP contribution in [0.1, 0.15) is 16.9 Å². The van der Waals surface area contributed by atoms with Crippen molar-refractivity contribution in [2.75, 3.05) is 14.2 Å². The van der Waals surface area contributed by atoms with Gasteiger partial charge < -0.3 is 19.2 Å². The zero-order valence-electron chi connectivity index (χ0n) is 13.0. The van der Waals surface area contributed by atoms with Gasteiger partial charge in [-0.1, -0.05) is 0 Å². The summed E-state index contributed by atoms with van der Waals surface area (Å²) in [7, 11) is 3.18. The van der Waals surface area contributed by atoms with Gasteiger partial charge >= 0.3 is 0 Å². The first-order chi connectivity index (χ1) is 11.1. The van der Waals surface area contributed by atoms with Crippen LogP contribution in [0.5, 0.6) is 11.5 Å². The van der Waals surface area contributed by atoms with Crippen LogP contribution in [-0.4, -0.2) is 26.0 Å². The number of aliphatic imine (C=N–C) groups is 1. The van der Waals surface area contributed by atoms with E-state index in [1.54, 1.807) is 32.4 Å². The number of rotatable bonds is 4. The van der Waals surface area contributed by atoms with Crippen molar-refractivity contribution >= 4 is 17.8 Å². The highest BCUT2D eigenvalue weighted by Gasteiger charge is 2.23. The van der Waals surface area contributed by atoms with E-state index < -0.39 is 0 Å². The Labute approximate surface area is 133 Å². The molecule has 0 saturated carbocycles. The lowest BCUT2D eigenvalue weighted by atomic mass is 10.1. The van der Waals surface area contributed by atoms with Gasteiger partial charge in [-0.25, -0.2) is 4.99 Å². The molecule has 0 fully saturated rings. The zero-order chi connectivity index (χ0) is 16.4. The average Bonchev–Trinajstić information content (AvgIpc) is 3.19. The maximum absolute atomic E-state index is 12.1. The number of amides is 1. The molecule has 1 N–H and O–H groups in total. The van der Waals surface area contributed by atoms with Gasteiger partial charge in [-0.05, 0) is 42.8 Å². The maximum Gasteiger partial charge on any atom is 0.275 e. The highest BCUT2D eigenvalue weighted by Crippen LogP contribution is 2.30. The van der Waals surface area contributed by atoms with Crippen molar-refractivity contribution in [1.29, 1.82) is 0 Å². The van der Waals surface area contributed by atoms with Crippen molar-refractivity contribution in [3.63, 3.8) is 0 Å². The standard InChI is InChI=1S/C17H16N2O4/c1-10-7-15(22-3)11(9-14(10)21-2)8-12-17(20)19-16(18-12)13-5-4-6-23-13/h4-9H,1-3H3,(H,18,19,20)/b12-8+. The third kappa shape index (κ3) is 2.83. The van der Waals surface area contributed by atoms with Crippen LogP contribution in [0.15, 0.2) is 45.6 Å². The molecule has 2 heterocycles. The number of furan rings is 1. The Balaban J connectivity index is 2.02. The average molecular weight is 312 g/mol. The molecule has 0 radical (unpaired) electrons. The lowest BCUT2D eigenvalue weighted by Gasteiger charge is -2.10. The fraction of sp³-hybridized carbons (Fsp3) is 0.176. The fourth-order valence-electron chi connectivity index (χ4n) is 2.33. The molecule has 0 aliphatic carbocycles. The predicted molar refractivity (Wildman–Crippen MR) is 85.6 cm³/mol. The number of nitrogens with one attached hydrogen (secondary N) is 1.